The lowest BCUT2D eigenvalue weighted by atomic mass is 10.1. The molecule has 136 valence electrons. The van der Waals surface area contributed by atoms with Gasteiger partial charge in [-0.25, -0.2) is 19.3 Å². The van der Waals surface area contributed by atoms with E-state index in [1.807, 2.05) is 0 Å². The normalized spacial score (nSPS) is 12.3. The second-order valence-electron chi connectivity index (χ2n) is 4.58. The van der Waals surface area contributed by atoms with Gasteiger partial charge in [-0.2, -0.15) is 0 Å². The summed E-state index contributed by atoms with van der Waals surface area (Å²) >= 11 is 40.7. The molecule has 1 heterocycles. The van der Waals surface area contributed by atoms with Crippen molar-refractivity contribution < 1.29 is 4.39 Å². The Balaban J connectivity index is 2.69. The van der Waals surface area contributed by atoms with Crippen LogP contribution in [0.5, 0.6) is 0 Å². The predicted molar refractivity (Wildman–Crippen MR) is 103 cm³/mol. The highest BCUT2D eigenvalue weighted by atomic mass is 35.6. The topological polar surface area (TPSA) is 50.7 Å². The van der Waals surface area contributed by atoms with E-state index in [-0.39, 0.29) is 34.6 Å². The molecule has 0 saturated carbocycles. The van der Waals surface area contributed by atoms with Crippen molar-refractivity contribution >= 4 is 86.9 Å². The van der Waals surface area contributed by atoms with Gasteiger partial charge in [-0.3, -0.25) is 0 Å². The second kappa shape index (κ2) is 8.34. The van der Waals surface area contributed by atoms with E-state index >= 15 is 0 Å². The fourth-order valence-corrected chi connectivity index (χ4v) is 2.41. The third kappa shape index (κ3) is 5.48. The number of nitrogens with one attached hydrogen (secondary N) is 1. The number of para-hydroxylation sites is 1. The van der Waals surface area contributed by atoms with E-state index in [1.165, 1.54) is 12.1 Å². The predicted octanol–water partition coefficient (Wildman–Crippen LogP) is 5.98. The van der Waals surface area contributed by atoms with Crippen LogP contribution in [0, 0.1) is 5.82 Å². The number of nitrogens with zero attached hydrogens (tertiary/aromatic N) is 3. The number of aromatic nitrogens is 3. The van der Waals surface area contributed by atoms with E-state index < -0.39 is 13.4 Å². The monoisotopic (exact) mass is 484 g/mol. The highest BCUT2D eigenvalue weighted by Crippen LogP contribution is 2.41. The van der Waals surface area contributed by atoms with Gasteiger partial charge in [-0.1, -0.05) is 75.7 Å². The summed E-state index contributed by atoms with van der Waals surface area (Å²) in [5.41, 5.74) is 0.374. The van der Waals surface area contributed by atoms with Crippen molar-refractivity contribution in [3.8, 4) is 11.4 Å². The zero-order valence-corrected chi connectivity index (χ0v) is 17.3. The highest BCUT2D eigenvalue weighted by molar-refractivity contribution is 6.67. The van der Waals surface area contributed by atoms with Gasteiger partial charge in [-0.05, 0) is 12.1 Å². The Morgan fingerprint density at radius 2 is 1.48 bits per heavy atom. The third-order valence-electron chi connectivity index (χ3n) is 2.79. The molecule has 0 bridgehead atoms. The fourth-order valence-electron chi connectivity index (χ4n) is 1.81. The molecule has 2 rings (SSSR count). The molecule has 0 amide bonds. The van der Waals surface area contributed by atoms with E-state index in [0.717, 1.165) is 0 Å². The Hall–Kier alpha value is -0.0100. The summed E-state index contributed by atoms with van der Waals surface area (Å²) in [5, 5.41) is 2.84. The lowest BCUT2D eigenvalue weighted by Crippen LogP contribution is -2.17. The zero-order chi connectivity index (χ0) is 18.8. The number of anilines is 1. The molecule has 0 atom stereocenters. The molecule has 1 aromatic carbocycles. The van der Waals surface area contributed by atoms with Crippen LogP contribution in [0.2, 0.25) is 0 Å². The minimum Gasteiger partial charge on any atom is -0.381 e. The van der Waals surface area contributed by atoms with E-state index in [4.69, 9.17) is 81.2 Å². The summed E-state index contributed by atoms with van der Waals surface area (Å²) in [4.78, 5) is 12.0. The second-order valence-corrected chi connectivity index (χ2v) is 9.52. The number of benzene rings is 1. The fraction of sp³-hybridized carbons (Fsp3) is 0.308. The van der Waals surface area contributed by atoms with Crippen LogP contribution in [0.3, 0.4) is 0 Å². The standard InChI is InChI=1S/C13H8Cl7FN4/c14-4-5-22-8-6(2-1-3-7(8)21)9-23-10(12(15,16)17)25-11(24-9)13(18,19)20/h1-3,22H,4-5H2. The Bertz CT molecular complexity index is 729. The minimum atomic E-state index is -2.00. The molecule has 0 saturated heterocycles. The van der Waals surface area contributed by atoms with Gasteiger partial charge in [0.1, 0.15) is 5.82 Å². The van der Waals surface area contributed by atoms with Crippen molar-refractivity contribution in [1.29, 1.82) is 0 Å². The molecular weight excluding hydrogens is 479 g/mol. The van der Waals surface area contributed by atoms with Gasteiger partial charge in [0.15, 0.2) is 17.5 Å². The first kappa shape index (κ1) is 21.3. The Labute approximate surface area is 177 Å². The lowest BCUT2D eigenvalue weighted by Gasteiger charge is -2.17. The van der Waals surface area contributed by atoms with Crippen molar-refractivity contribution in [1.82, 2.24) is 15.0 Å². The smallest absolute Gasteiger partial charge is 0.250 e. The molecule has 12 heteroatoms. The summed E-state index contributed by atoms with van der Waals surface area (Å²) in [6.07, 6.45) is 0. The zero-order valence-electron chi connectivity index (χ0n) is 12.0. The quantitative estimate of drug-likeness (QED) is 0.539. The molecular formula is C13H8Cl7FN4. The molecule has 0 unspecified atom stereocenters. The van der Waals surface area contributed by atoms with Crippen molar-refractivity contribution in [3.63, 3.8) is 0 Å². The average molecular weight is 487 g/mol. The molecule has 0 fully saturated rings. The van der Waals surface area contributed by atoms with Crippen LogP contribution in [0.4, 0.5) is 10.1 Å². The molecule has 2 aromatic rings. The van der Waals surface area contributed by atoms with Crippen LogP contribution in [-0.4, -0.2) is 27.4 Å². The van der Waals surface area contributed by atoms with E-state index in [1.54, 1.807) is 6.07 Å². The summed E-state index contributed by atoms with van der Waals surface area (Å²) in [5.74, 6) is -0.861. The number of halogens is 8. The van der Waals surface area contributed by atoms with Gasteiger partial charge in [0.25, 0.3) is 0 Å². The van der Waals surface area contributed by atoms with Crippen molar-refractivity contribution in [2.45, 2.75) is 7.59 Å². The van der Waals surface area contributed by atoms with Gasteiger partial charge in [0.05, 0.1) is 5.69 Å². The van der Waals surface area contributed by atoms with E-state index in [0.29, 0.717) is 6.54 Å². The Morgan fingerprint density at radius 1 is 0.920 bits per heavy atom. The molecule has 0 aliphatic heterocycles. The summed E-state index contributed by atoms with van der Waals surface area (Å²) in [6.45, 7) is 0.301. The Kier molecular flexibility index (Phi) is 7.10. The highest BCUT2D eigenvalue weighted by Gasteiger charge is 2.34. The van der Waals surface area contributed by atoms with Crippen LogP contribution < -0.4 is 5.32 Å². The molecule has 0 radical (unpaired) electrons. The first-order valence-electron chi connectivity index (χ1n) is 6.53. The molecule has 0 aliphatic rings. The van der Waals surface area contributed by atoms with Crippen LogP contribution in [0.15, 0.2) is 18.2 Å². The van der Waals surface area contributed by atoms with Crippen molar-refractivity contribution in [3.05, 3.63) is 35.7 Å². The number of alkyl halides is 7. The van der Waals surface area contributed by atoms with Gasteiger partial charge >= 0.3 is 0 Å². The maximum atomic E-state index is 14.2. The van der Waals surface area contributed by atoms with Crippen LogP contribution in [-0.2, 0) is 7.59 Å². The largest absolute Gasteiger partial charge is 0.381 e. The van der Waals surface area contributed by atoms with E-state index in [2.05, 4.69) is 20.3 Å². The summed E-state index contributed by atoms with van der Waals surface area (Å²) in [7, 11) is 0. The molecule has 0 aliphatic carbocycles. The van der Waals surface area contributed by atoms with E-state index in [9.17, 15) is 4.39 Å². The van der Waals surface area contributed by atoms with Gasteiger partial charge < -0.3 is 5.32 Å². The summed E-state index contributed by atoms with van der Waals surface area (Å²) in [6, 6.07) is 4.27. The molecule has 0 spiro atoms. The Morgan fingerprint density at radius 3 is 1.96 bits per heavy atom. The SMILES string of the molecule is Fc1cccc(-c2nc(C(Cl)(Cl)Cl)nc(C(Cl)(Cl)Cl)n2)c1NCCCl. The molecule has 1 aromatic heterocycles. The molecule has 25 heavy (non-hydrogen) atoms. The van der Waals surface area contributed by atoms with Crippen LogP contribution in [0.25, 0.3) is 11.4 Å². The van der Waals surface area contributed by atoms with Crippen LogP contribution in [0.1, 0.15) is 11.6 Å². The first-order chi connectivity index (χ1) is 11.5. The van der Waals surface area contributed by atoms with Crippen molar-refractivity contribution in [2.75, 3.05) is 17.7 Å². The minimum absolute atomic E-state index is 0.0331. The molecule has 1 N–H and O–H groups in total. The lowest BCUT2D eigenvalue weighted by molar-refractivity contribution is 0.630. The van der Waals surface area contributed by atoms with Gasteiger partial charge in [-0.15, -0.1) is 11.6 Å². The number of rotatable bonds is 4. The maximum Gasteiger partial charge on any atom is 0.250 e. The average Bonchev–Trinajstić information content (AvgIpc) is 2.51. The number of hydrogen-bond donors (Lipinski definition) is 1. The van der Waals surface area contributed by atoms with Crippen LogP contribution >= 0.6 is 81.2 Å². The first-order valence-corrected chi connectivity index (χ1v) is 9.33. The van der Waals surface area contributed by atoms with Crippen molar-refractivity contribution in [2.24, 2.45) is 0 Å². The maximum absolute atomic E-state index is 14.2. The number of hydrogen-bond acceptors (Lipinski definition) is 4. The van der Waals surface area contributed by atoms with Gasteiger partial charge in [0, 0.05) is 18.0 Å². The third-order valence-corrected chi connectivity index (χ3v) is 4.00. The van der Waals surface area contributed by atoms with Gasteiger partial charge in [0.2, 0.25) is 7.59 Å². The molecule has 4 nitrogen and oxygen atoms in total. The summed E-state index contributed by atoms with van der Waals surface area (Å²) < 4.78 is 10.2.